The van der Waals surface area contributed by atoms with Crippen LogP contribution in [0.3, 0.4) is 0 Å². The summed E-state index contributed by atoms with van der Waals surface area (Å²) in [6.07, 6.45) is 4.01. The van der Waals surface area contributed by atoms with Gasteiger partial charge in [-0.15, -0.1) is 0 Å². The lowest BCUT2D eigenvalue weighted by molar-refractivity contribution is 1.46. The summed E-state index contributed by atoms with van der Waals surface area (Å²) in [5, 5.41) is 3.24. The van der Waals surface area contributed by atoms with E-state index >= 15 is 0 Å². The van der Waals surface area contributed by atoms with Crippen molar-refractivity contribution in [2.24, 2.45) is 0 Å². The van der Waals surface area contributed by atoms with E-state index in [1.807, 2.05) is 24.4 Å². The minimum atomic E-state index is 1.11. The quantitative estimate of drug-likeness (QED) is 0.803. The number of aryl methyl sites for hydroxylation is 1. The van der Waals surface area contributed by atoms with E-state index in [2.05, 4.69) is 54.7 Å². The van der Waals surface area contributed by atoms with Crippen LogP contribution in [0.1, 0.15) is 11.1 Å². The Bertz CT molecular complexity index is 455. The molecule has 0 aliphatic heterocycles. The smallest absolute Gasteiger partial charge is 0.0379 e. The number of nitrogens with one attached hydrogen (secondary N) is 1. The van der Waals surface area contributed by atoms with E-state index in [-0.39, 0.29) is 0 Å². The number of anilines is 1. The van der Waals surface area contributed by atoms with Crippen LogP contribution in [0.4, 0.5) is 5.69 Å². The molecule has 80 valence electrons. The Balaban J connectivity index is 1.97. The van der Waals surface area contributed by atoms with Gasteiger partial charge in [0.25, 0.3) is 0 Å². The molecule has 0 heterocycles. The standard InChI is InChI=1S/C15H15N/c1-13-7-9-15(10-8-13)16-12-11-14-5-3-2-4-6-14/h2-12,16H,1H3/b12-11+. The Labute approximate surface area is 96.4 Å². The molecule has 2 rings (SSSR count). The lowest BCUT2D eigenvalue weighted by Gasteiger charge is -2.00. The molecule has 0 radical (unpaired) electrons. The Morgan fingerprint density at radius 2 is 1.56 bits per heavy atom. The summed E-state index contributed by atoms with van der Waals surface area (Å²) in [4.78, 5) is 0. The zero-order chi connectivity index (χ0) is 11.2. The highest BCUT2D eigenvalue weighted by Crippen LogP contribution is 2.09. The summed E-state index contributed by atoms with van der Waals surface area (Å²) in [6, 6.07) is 18.6. The molecule has 0 saturated carbocycles. The van der Waals surface area contributed by atoms with Gasteiger partial charge in [-0.1, -0.05) is 48.0 Å². The molecule has 0 aliphatic carbocycles. The van der Waals surface area contributed by atoms with Gasteiger partial charge in [-0.05, 0) is 30.7 Å². The summed E-state index contributed by atoms with van der Waals surface area (Å²) in [5.41, 5.74) is 3.58. The predicted molar refractivity (Wildman–Crippen MR) is 70.3 cm³/mol. The van der Waals surface area contributed by atoms with Crippen LogP contribution in [0.2, 0.25) is 0 Å². The highest BCUT2D eigenvalue weighted by Gasteiger charge is 1.87. The Morgan fingerprint density at radius 1 is 0.875 bits per heavy atom. The highest BCUT2D eigenvalue weighted by molar-refractivity contribution is 5.55. The van der Waals surface area contributed by atoms with E-state index in [1.165, 1.54) is 11.1 Å². The van der Waals surface area contributed by atoms with Crippen LogP contribution in [-0.4, -0.2) is 0 Å². The van der Waals surface area contributed by atoms with E-state index in [4.69, 9.17) is 0 Å². The van der Waals surface area contributed by atoms with Crippen molar-refractivity contribution in [3.05, 3.63) is 71.9 Å². The van der Waals surface area contributed by atoms with Gasteiger partial charge in [0, 0.05) is 11.9 Å². The average Bonchev–Trinajstić information content (AvgIpc) is 2.33. The van der Waals surface area contributed by atoms with Crippen molar-refractivity contribution in [2.45, 2.75) is 6.92 Å². The van der Waals surface area contributed by atoms with Crippen molar-refractivity contribution < 1.29 is 0 Å². The Kier molecular flexibility index (Phi) is 3.39. The monoisotopic (exact) mass is 209 g/mol. The first-order valence-electron chi connectivity index (χ1n) is 5.39. The van der Waals surface area contributed by atoms with Crippen LogP contribution in [0, 0.1) is 6.92 Å². The van der Waals surface area contributed by atoms with Crippen molar-refractivity contribution >= 4 is 11.8 Å². The molecule has 1 nitrogen and oxygen atoms in total. The minimum Gasteiger partial charge on any atom is -0.362 e. The first-order chi connectivity index (χ1) is 7.84. The van der Waals surface area contributed by atoms with Crippen molar-refractivity contribution in [1.82, 2.24) is 0 Å². The molecule has 2 aromatic rings. The Hall–Kier alpha value is -2.02. The van der Waals surface area contributed by atoms with Crippen LogP contribution < -0.4 is 5.32 Å². The average molecular weight is 209 g/mol. The third-order valence-electron chi connectivity index (χ3n) is 2.38. The van der Waals surface area contributed by atoms with Crippen molar-refractivity contribution in [3.8, 4) is 0 Å². The van der Waals surface area contributed by atoms with Crippen LogP contribution in [0.25, 0.3) is 6.08 Å². The van der Waals surface area contributed by atoms with E-state index in [0.29, 0.717) is 0 Å². The predicted octanol–water partition coefficient (Wildman–Crippen LogP) is 4.08. The molecule has 16 heavy (non-hydrogen) atoms. The topological polar surface area (TPSA) is 12.0 Å². The maximum Gasteiger partial charge on any atom is 0.0379 e. The molecule has 0 aliphatic rings. The SMILES string of the molecule is Cc1ccc(N/C=C/c2ccccc2)cc1. The molecular weight excluding hydrogens is 194 g/mol. The molecule has 1 heteroatoms. The second kappa shape index (κ2) is 5.17. The second-order valence-electron chi connectivity index (χ2n) is 3.75. The molecule has 0 saturated heterocycles. The van der Waals surface area contributed by atoms with Crippen molar-refractivity contribution in [3.63, 3.8) is 0 Å². The fraction of sp³-hybridized carbons (Fsp3) is 0.0667. The summed E-state index contributed by atoms with van der Waals surface area (Å²) in [7, 11) is 0. The number of benzene rings is 2. The van der Waals surface area contributed by atoms with Gasteiger partial charge in [0.15, 0.2) is 0 Å². The maximum absolute atomic E-state index is 3.24. The maximum atomic E-state index is 3.24. The van der Waals surface area contributed by atoms with Crippen LogP contribution in [-0.2, 0) is 0 Å². The largest absolute Gasteiger partial charge is 0.362 e. The molecule has 0 aromatic heterocycles. The van der Waals surface area contributed by atoms with Crippen molar-refractivity contribution in [2.75, 3.05) is 5.32 Å². The highest BCUT2D eigenvalue weighted by atomic mass is 14.8. The molecule has 0 fully saturated rings. The first-order valence-corrected chi connectivity index (χ1v) is 5.39. The van der Waals surface area contributed by atoms with Gasteiger partial charge in [0.05, 0.1) is 0 Å². The summed E-state index contributed by atoms with van der Waals surface area (Å²) >= 11 is 0. The fourth-order valence-electron chi connectivity index (χ4n) is 1.45. The number of hydrogen-bond acceptors (Lipinski definition) is 1. The lowest BCUT2D eigenvalue weighted by Crippen LogP contribution is -1.86. The van der Waals surface area contributed by atoms with E-state index in [0.717, 1.165) is 5.69 Å². The number of rotatable bonds is 3. The molecular formula is C15H15N. The molecule has 0 bridgehead atoms. The molecule has 1 N–H and O–H groups in total. The van der Waals surface area contributed by atoms with Crippen LogP contribution in [0.15, 0.2) is 60.8 Å². The molecule has 0 amide bonds. The van der Waals surface area contributed by atoms with Crippen LogP contribution >= 0.6 is 0 Å². The zero-order valence-corrected chi connectivity index (χ0v) is 9.35. The van der Waals surface area contributed by atoms with Crippen LogP contribution in [0.5, 0.6) is 0 Å². The van der Waals surface area contributed by atoms with Gasteiger partial charge < -0.3 is 5.32 Å². The third kappa shape index (κ3) is 2.99. The van der Waals surface area contributed by atoms with Gasteiger partial charge in [-0.3, -0.25) is 0 Å². The lowest BCUT2D eigenvalue weighted by atomic mass is 10.2. The first kappa shape index (κ1) is 10.5. The van der Waals surface area contributed by atoms with Crippen molar-refractivity contribution in [1.29, 1.82) is 0 Å². The van der Waals surface area contributed by atoms with Gasteiger partial charge >= 0.3 is 0 Å². The van der Waals surface area contributed by atoms with E-state index in [9.17, 15) is 0 Å². The Morgan fingerprint density at radius 3 is 2.25 bits per heavy atom. The fourth-order valence-corrected chi connectivity index (χ4v) is 1.45. The summed E-state index contributed by atoms with van der Waals surface area (Å²) < 4.78 is 0. The molecule has 0 unspecified atom stereocenters. The second-order valence-corrected chi connectivity index (χ2v) is 3.75. The molecule has 0 atom stereocenters. The number of hydrogen-bond donors (Lipinski definition) is 1. The zero-order valence-electron chi connectivity index (χ0n) is 9.35. The summed E-state index contributed by atoms with van der Waals surface area (Å²) in [5.74, 6) is 0. The minimum absolute atomic E-state index is 1.11. The third-order valence-corrected chi connectivity index (χ3v) is 2.38. The normalized spacial score (nSPS) is 10.6. The summed E-state index contributed by atoms with van der Waals surface area (Å²) in [6.45, 7) is 2.09. The van der Waals surface area contributed by atoms with Gasteiger partial charge in [0.1, 0.15) is 0 Å². The van der Waals surface area contributed by atoms with Gasteiger partial charge in [-0.2, -0.15) is 0 Å². The molecule has 0 spiro atoms. The molecule has 2 aromatic carbocycles. The van der Waals surface area contributed by atoms with E-state index < -0.39 is 0 Å². The van der Waals surface area contributed by atoms with Gasteiger partial charge in [0.2, 0.25) is 0 Å². The van der Waals surface area contributed by atoms with Gasteiger partial charge in [-0.25, -0.2) is 0 Å². The van der Waals surface area contributed by atoms with E-state index in [1.54, 1.807) is 0 Å².